The predicted octanol–water partition coefficient (Wildman–Crippen LogP) is 5.72. The molecule has 4 nitrogen and oxygen atoms in total. The van der Waals surface area contributed by atoms with Crippen LogP contribution in [-0.4, -0.2) is 17.8 Å². The molecule has 0 saturated carbocycles. The molecule has 1 N–H and O–H groups in total. The molecule has 0 aliphatic carbocycles. The van der Waals surface area contributed by atoms with Gasteiger partial charge in [0, 0.05) is 29.9 Å². The number of nitrogens with one attached hydrogen (secondary N) is 1. The molecular weight excluding hydrogens is 350 g/mol. The number of nitrogens with zero attached hydrogens (tertiary/aromatic N) is 1. The molecule has 2 heterocycles. The molecule has 2 aromatic rings. The maximum atomic E-state index is 13.1. The average molecular weight is 369 g/mol. The zero-order valence-corrected chi connectivity index (χ0v) is 14.6. The molecule has 0 unspecified atom stereocenters. The number of alkyl halides is 2. The highest BCUT2D eigenvalue weighted by Gasteiger charge is 2.43. The zero-order chi connectivity index (χ0) is 17.9. The van der Waals surface area contributed by atoms with Crippen molar-refractivity contribution in [3.8, 4) is 22.6 Å². The van der Waals surface area contributed by atoms with Gasteiger partial charge < -0.3 is 14.8 Å². The van der Waals surface area contributed by atoms with Crippen LogP contribution in [0.5, 0.6) is 11.5 Å². The molecule has 0 amide bonds. The minimum Gasteiger partial charge on any atom is -0.395 e. The Kier molecular flexibility index (Phi) is 5.27. The second kappa shape index (κ2) is 7.44. The highest BCUT2D eigenvalue weighted by Crippen LogP contribution is 2.45. The van der Waals surface area contributed by atoms with E-state index in [0.29, 0.717) is 16.1 Å². The topological polar surface area (TPSA) is 43.4 Å². The molecule has 134 valence electrons. The molecule has 3 rings (SSSR count). The van der Waals surface area contributed by atoms with Gasteiger partial charge in [-0.2, -0.15) is 0 Å². The summed E-state index contributed by atoms with van der Waals surface area (Å²) in [6, 6.07) is 6.44. The van der Waals surface area contributed by atoms with Crippen LogP contribution in [-0.2, 0) is 0 Å². The number of pyridine rings is 1. The third-order valence-electron chi connectivity index (χ3n) is 3.90. The number of anilines is 1. The lowest BCUT2D eigenvalue weighted by molar-refractivity contribution is -0.286. The summed E-state index contributed by atoms with van der Waals surface area (Å²) in [6.45, 7) is 3.04. The number of halogens is 3. The maximum Gasteiger partial charge on any atom is 0.586 e. The monoisotopic (exact) mass is 368 g/mol. The van der Waals surface area contributed by atoms with E-state index >= 15 is 0 Å². The van der Waals surface area contributed by atoms with Gasteiger partial charge in [0.1, 0.15) is 5.82 Å². The third-order valence-corrected chi connectivity index (χ3v) is 4.21. The molecule has 7 heteroatoms. The molecule has 0 radical (unpaired) electrons. The molecule has 0 spiro atoms. The second-order valence-corrected chi connectivity index (χ2v) is 6.27. The van der Waals surface area contributed by atoms with Crippen molar-refractivity contribution < 1.29 is 18.3 Å². The van der Waals surface area contributed by atoms with Crippen LogP contribution in [0.15, 0.2) is 30.5 Å². The number of hydrogen-bond donors (Lipinski definition) is 1. The van der Waals surface area contributed by atoms with Crippen LogP contribution in [0, 0.1) is 0 Å². The van der Waals surface area contributed by atoms with E-state index in [1.54, 1.807) is 6.20 Å². The van der Waals surface area contributed by atoms with Gasteiger partial charge in [0.25, 0.3) is 0 Å². The summed E-state index contributed by atoms with van der Waals surface area (Å²) in [5.41, 5.74) is 1.27. The van der Waals surface area contributed by atoms with Crippen molar-refractivity contribution in [2.45, 2.75) is 38.9 Å². The fourth-order valence-corrected chi connectivity index (χ4v) is 2.88. The van der Waals surface area contributed by atoms with E-state index in [9.17, 15) is 8.78 Å². The molecular formula is C18H19ClF2N2O2. The summed E-state index contributed by atoms with van der Waals surface area (Å²) < 4.78 is 35.2. The van der Waals surface area contributed by atoms with Crippen LogP contribution < -0.4 is 14.8 Å². The second-order valence-electron chi connectivity index (χ2n) is 5.87. The van der Waals surface area contributed by atoms with Crippen molar-refractivity contribution in [1.82, 2.24) is 4.98 Å². The average Bonchev–Trinajstić information content (AvgIpc) is 2.87. The van der Waals surface area contributed by atoms with Crippen molar-refractivity contribution in [1.29, 1.82) is 0 Å². The number of aromatic nitrogens is 1. The van der Waals surface area contributed by atoms with Gasteiger partial charge in [-0.3, -0.25) is 0 Å². The van der Waals surface area contributed by atoms with Crippen LogP contribution in [0.2, 0.25) is 5.02 Å². The SMILES string of the molecule is CCCCCCNc1ccc(-c2cc3c(cc2Cl)OC(F)(F)O3)cn1. The quantitative estimate of drug-likeness (QED) is 0.635. The Labute approximate surface area is 150 Å². The van der Waals surface area contributed by atoms with E-state index in [0.717, 1.165) is 18.8 Å². The summed E-state index contributed by atoms with van der Waals surface area (Å²) in [6.07, 6.45) is 2.72. The van der Waals surface area contributed by atoms with Gasteiger partial charge in [-0.05, 0) is 24.6 Å². The van der Waals surface area contributed by atoms with Gasteiger partial charge >= 0.3 is 6.29 Å². The Morgan fingerprint density at radius 2 is 1.88 bits per heavy atom. The minimum absolute atomic E-state index is 0.0393. The molecule has 1 aromatic heterocycles. The minimum atomic E-state index is -3.66. The third kappa shape index (κ3) is 4.31. The highest BCUT2D eigenvalue weighted by atomic mass is 35.5. The summed E-state index contributed by atoms with van der Waals surface area (Å²) in [5, 5.41) is 3.55. The largest absolute Gasteiger partial charge is 0.586 e. The molecule has 0 bridgehead atoms. The van der Waals surface area contributed by atoms with Crippen molar-refractivity contribution in [3.63, 3.8) is 0 Å². The molecule has 25 heavy (non-hydrogen) atoms. The van der Waals surface area contributed by atoms with Crippen molar-refractivity contribution in [2.24, 2.45) is 0 Å². The predicted molar refractivity (Wildman–Crippen MR) is 93.5 cm³/mol. The molecule has 0 saturated heterocycles. The molecule has 1 aliphatic heterocycles. The Morgan fingerprint density at radius 1 is 1.12 bits per heavy atom. The number of ether oxygens (including phenoxy) is 2. The van der Waals surface area contributed by atoms with E-state index in [4.69, 9.17) is 11.6 Å². The molecule has 0 fully saturated rings. The van der Waals surface area contributed by atoms with E-state index < -0.39 is 6.29 Å². The van der Waals surface area contributed by atoms with E-state index in [1.807, 2.05) is 12.1 Å². The van der Waals surface area contributed by atoms with Gasteiger partial charge in [-0.25, -0.2) is 4.98 Å². The Bertz CT molecular complexity index is 739. The Balaban J connectivity index is 1.69. The van der Waals surface area contributed by atoms with Crippen molar-refractivity contribution in [3.05, 3.63) is 35.5 Å². The van der Waals surface area contributed by atoms with E-state index in [1.165, 1.54) is 31.4 Å². The maximum absolute atomic E-state index is 13.1. The van der Waals surface area contributed by atoms with Crippen LogP contribution in [0.3, 0.4) is 0 Å². The fourth-order valence-electron chi connectivity index (χ4n) is 2.62. The van der Waals surface area contributed by atoms with Crippen LogP contribution in [0.4, 0.5) is 14.6 Å². The normalized spacial score (nSPS) is 14.6. The number of benzene rings is 1. The van der Waals surface area contributed by atoms with Gasteiger partial charge in [0.2, 0.25) is 0 Å². The van der Waals surface area contributed by atoms with E-state index in [-0.39, 0.29) is 11.5 Å². The first kappa shape index (κ1) is 17.7. The fraction of sp³-hybridized carbons (Fsp3) is 0.389. The number of hydrogen-bond acceptors (Lipinski definition) is 4. The van der Waals surface area contributed by atoms with Gasteiger partial charge in [-0.1, -0.05) is 37.8 Å². The van der Waals surface area contributed by atoms with Crippen LogP contribution in [0.1, 0.15) is 32.6 Å². The first-order chi connectivity index (χ1) is 12.0. The molecule has 1 aliphatic rings. The summed E-state index contributed by atoms with van der Waals surface area (Å²) in [4.78, 5) is 4.35. The Hall–Kier alpha value is -2.08. The van der Waals surface area contributed by atoms with Gasteiger partial charge in [-0.15, -0.1) is 8.78 Å². The number of unbranched alkanes of at least 4 members (excludes halogenated alkanes) is 3. The highest BCUT2D eigenvalue weighted by molar-refractivity contribution is 6.33. The molecule has 0 atom stereocenters. The van der Waals surface area contributed by atoms with Crippen molar-refractivity contribution >= 4 is 17.4 Å². The van der Waals surface area contributed by atoms with E-state index in [2.05, 4.69) is 26.7 Å². The first-order valence-corrected chi connectivity index (χ1v) is 8.66. The first-order valence-electron chi connectivity index (χ1n) is 8.28. The van der Waals surface area contributed by atoms with Crippen LogP contribution in [0.25, 0.3) is 11.1 Å². The summed E-state index contributed by atoms with van der Waals surface area (Å²) >= 11 is 6.18. The summed E-state index contributed by atoms with van der Waals surface area (Å²) in [5.74, 6) is 0.656. The lowest BCUT2D eigenvalue weighted by Crippen LogP contribution is -2.25. The van der Waals surface area contributed by atoms with Crippen LogP contribution >= 0.6 is 11.6 Å². The van der Waals surface area contributed by atoms with Gasteiger partial charge in [0.15, 0.2) is 11.5 Å². The molecule has 1 aromatic carbocycles. The summed E-state index contributed by atoms with van der Waals surface area (Å²) in [7, 11) is 0. The lowest BCUT2D eigenvalue weighted by atomic mass is 10.1. The smallest absolute Gasteiger partial charge is 0.395 e. The zero-order valence-electron chi connectivity index (χ0n) is 13.8. The number of fused-ring (bicyclic) bond motifs is 1. The number of rotatable bonds is 7. The lowest BCUT2D eigenvalue weighted by Gasteiger charge is -2.08. The Morgan fingerprint density at radius 3 is 2.56 bits per heavy atom. The standard InChI is InChI=1S/C18H19ClF2N2O2/c1-2-3-4-5-8-22-17-7-6-12(11-23-17)13-9-15-16(10-14(13)19)25-18(20,21)24-15/h6-7,9-11H,2-5,8H2,1H3,(H,22,23). The van der Waals surface area contributed by atoms with Crippen molar-refractivity contribution in [2.75, 3.05) is 11.9 Å². The van der Waals surface area contributed by atoms with Gasteiger partial charge in [0.05, 0.1) is 5.02 Å².